The summed E-state index contributed by atoms with van der Waals surface area (Å²) in [5.41, 5.74) is -4.59. The highest BCUT2D eigenvalue weighted by atomic mass is 19.3. The predicted molar refractivity (Wildman–Crippen MR) is 54.2 cm³/mol. The molecule has 0 heterocycles. The van der Waals surface area contributed by atoms with Crippen molar-refractivity contribution in [2.45, 2.75) is 39.2 Å². The monoisotopic (exact) mass is 268 g/mol. The second-order valence-corrected chi connectivity index (χ2v) is 4.65. The van der Waals surface area contributed by atoms with Gasteiger partial charge in [0.25, 0.3) is 6.43 Å². The van der Waals surface area contributed by atoms with E-state index in [0.717, 1.165) is 0 Å². The summed E-state index contributed by atoms with van der Waals surface area (Å²) >= 11 is 0. The number of ether oxygens (including phenoxy) is 1. The van der Waals surface area contributed by atoms with Crippen LogP contribution in [0.5, 0.6) is 0 Å². The van der Waals surface area contributed by atoms with Crippen molar-refractivity contribution < 1.29 is 38.1 Å². The van der Waals surface area contributed by atoms with Gasteiger partial charge in [-0.3, -0.25) is 14.4 Å². The zero-order valence-corrected chi connectivity index (χ0v) is 10.1. The van der Waals surface area contributed by atoms with Gasteiger partial charge in [0.15, 0.2) is 0 Å². The van der Waals surface area contributed by atoms with Crippen LogP contribution in [-0.4, -0.2) is 40.1 Å². The first-order valence-electron chi connectivity index (χ1n) is 4.90. The molecule has 6 nitrogen and oxygen atoms in total. The topological polar surface area (TPSA) is 101 Å². The first-order chi connectivity index (χ1) is 7.93. The average Bonchev–Trinajstić information content (AvgIpc) is 2.09. The van der Waals surface area contributed by atoms with Gasteiger partial charge in [-0.05, 0) is 20.8 Å². The molecule has 0 bridgehead atoms. The summed E-state index contributed by atoms with van der Waals surface area (Å²) in [5.74, 6) is -5.82. The van der Waals surface area contributed by atoms with Gasteiger partial charge in [0.05, 0.1) is 6.42 Å². The zero-order chi connectivity index (χ0) is 14.7. The quantitative estimate of drug-likeness (QED) is 0.572. The Morgan fingerprint density at radius 2 is 1.61 bits per heavy atom. The van der Waals surface area contributed by atoms with E-state index in [1.165, 1.54) is 20.8 Å². The summed E-state index contributed by atoms with van der Waals surface area (Å²) in [6.07, 6.45) is -5.24. The number of alkyl halides is 2. The fourth-order valence-electron chi connectivity index (χ4n) is 1.10. The maximum atomic E-state index is 12.8. The molecule has 0 aliphatic heterocycles. The first kappa shape index (κ1) is 16.3. The number of carboxylic acids is 2. The van der Waals surface area contributed by atoms with Crippen molar-refractivity contribution in [2.24, 2.45) is 5.41 Å². The molecule has 0 aromatic rings. The number of esters is 1. The molecule has 0 spiro atoms. The molecule has 2 N–H and O–H groups in total. The van der Waals surface area contributed by atoms with E-state index in [1.807, 2.05) is 0 Å². The van der Waals surface area contributed by atoms with Crippen molar-refractivity contribution in [1.29, 1.82) is 0 Å². The van der Waals surface area contributed by atoms with Crippen molar-refractivity contribution in [3.63, 3.8) is 0 Å². The molecule has 0 fully saturated rings. The molecule has 104 valence electrons. The average molecular weight is 268 g/mol. The lowest BCUT2D eigenvalue weighted by Crippen LogP contribution is -2.50. The molecule has 18 heavy (non-hydrogen) atoms. The normalized spacial score (nSPS) is 15.0. The fraction of sp³-hybridized carbons (Fsp3) is 0.700. The minimum Gasteiger partial charge on any atom is -0.481 e. The largest absolute Gasteiger partial charge is 0.481 e. The predicted octanol–water partition coefficient (Wildman–Crippen LogP) is 1.14. The lowest BCUT2D eigenvalue weighted by molar-refractivity contribution is -0.192. The Morgan fingerprint density at radius 1 is 1.17 bits per heavy atom. The van der Waals surface area contributed by atoms with Gasteiger partial charge in [-0.15, -0.1) is 0 Å². The van der Waals surface area contributed by atoms with Gasteiger partial charge in [-0.25, -0.2) is 8.78 Å². The van der Waals surface area contributed by atoms with Gasteiger partial charge in [-0.1, -0.05) is 0 Å². The van der Waals surface area contributed by atoms with Crippen molar-refractivity contribution in [1.82, 2.24) is 0 Å². The smallest absolute Gasteiger partial charge is 0.330 e. The molecular formula is C10H14F2O6. The van der Waals surface area contributed by atoms with Crippen LogP contribution in [0.15, 0.2) is 0 Å². The molecule has 1 unspecified atom stereocenters. The van der Waals surface area contributed by atoms with E-state index in [4.69, 9.17) is 10.2 Å². The molecule has 0 amide bonds. The Balaban J connectivity index is 5.50. The molecule has 0 aliphatic carbocycles. The van der Waals surface area contributed by atoms with Crippen LogP contribution in [0, 0.1) is 5.41 Å². The van der Waals surface area contributed by atoms with E-state index in [1.54, 1.807) is 0 Å². The molecule has 0 saturated carbocycles. The molecule has 0 saturated heterocycles. The minimum atomic E-state index is -3.69. The number of carboxylic acid groups (broad SMARTS) is 2. The third kappa shape index (κ3) is 3.64. The Hall–Kier alpha value is -1.73. The number of aliphatic carboxylic acids is 2. The lowest BCUT2D eigenvalue weighted by Gasteiger charge is -2.29. The SMILES string of the molecule is CC(C)(C)OC(=O)C(CC(=O)O)(C(=O)O)C(F)F. The number of carbonyl (C=O) groups excluding carboxylic acids is 1. The Labute approximate surface area is 102 Å². The van der Waals surface area contributed by atoms with Gasteiger partial charge >= 0.3 is 17.9 Å². The van der Waals surface area contributed by atoms with E-state index >= 15 is 0 Å². The number of hydrogen-bond donors (Lipinski definition) is 2. The number of hydrogen-bond acceptors (Lipinski definition) is 4. The van der Waals surface area contributed by atoms with Crippen LogP contribution in [0.3, 0.4) is 0 Å². The highest BCUT2D eigenvalue weighted by Gasteiger charge is 2.58. The van der Waals surface area contributed by atoms with E-state index in [2.05, 4.69) is 4.74 Å². The van der Waals surface area contributed by atoms with Crippen LogP contribution >= 0.6 is 0 Å². The lowest BCUT2D eigenvalue weighted by atomic mass is 9.84. The summed E-state index contributed by atoms with van der Waals surface area (Å²) in [6.45, 7) is 4.05. The van der Waals surface area contributed by atoms with E-state index < -0.39 is 41.8 Å². The van der Waals surface area contributed by atoms with Crippen molar-refractivity contribution in [2.75, 3.05) is 0 Å². The minimum absolute atomic E-state index is 1.20. The molecule has 0 aliphatic rings. The van der Waals surface area contributed by atoms with Crippen LogP contribution in [-0.2, 0) is 19.1 Å². The number of carbonyl (C=O) groups is 3. The third-order valence-corrected chi connectivity index (χ3v) is 1.95. The van der Waals surface area contributed by atoms with Crippen LogP contribution < -0.4 is 0 Å². The van der Waals surface area contributed by atoms with Crippen molar-refractivity contribution in [3.8, 4) is 0 Å². The summed E-state index contributed by atoms with van der Waals surface area (Å²) in [7, 11) is 0. The second kappa shape index (κ2) is 5.28. The standard InChI is InChI=1S/C10H14F2O6/c1-9(2,3)18-8(17)10(6(11)12,7(15)16)4-5(13)14/h6H,4H2,1-3H3,(H,13,14)(H,15,16). The third-order valence-electron chi connectivity index (χ3n) is 1.95. The molecule has 0 aromatic heterocycles. The summed E-state index contributed by atoms with van der Waals surface area (Å²) < 4.78 is 30.3. The maximum Gasteiger partial charge on any atom is 0.330 e. The molecule has 0 radical (unpaired) electrons. The molecule has 8 heteroatoms. The fourth-order valence-corrected chi connectivity index (χ4v) is 1.10. The molecule has 1 atom stereocenters. The van der Waals surface area contributed by atoms with Gasteiger partial charge < -0.3 is 14.9 Å². The number of rotatable bonds is 5. The first-order valence-corrected chi connectivity index (χ1v) is 4.90. The van der Waals surface area contributed by atoms with E-state index in [-0.39, 0.29) is 0 Å². The van der Waals surface area contributed by atoms with Crippen LogP contribution in [0.2, 0.25) is 0 Å². The molecule has 0 aromatic carbocycles. The summed E-state index contributed by atoms with van der Waals surface area (Å²) in [5, 5.41) is 17.3. The Kier molecular flexibility index (Phi) is 4.77. The van der Waals surface area contributed by atoms with Crippen LogP contribution in [0.25, 0.3) is 0 Å². The Bertz CT molecular complexity index is 360. The second-order valence-electron chi connectivity index (χ2n) is 4.65. The van der Waals surface area contributed by atoms with Gasteiger partial charge in [0, 0.05) is 0 Å². The van der Waals surface area contributed by atoms with Crippen LogP contribution in [0.4, 0.5) is 8.78 Å². The van der Waals surface area contributed by atoms with Gasteiger partial charge in [0.2, 0.25) is 5.41 Å². The highest BCUT2D eigenvalue weighted by Crippen LogP contribution is 2.34. The van der Waals surface area contributed by atoms with Gasteiger partial charge in [-0.2, -0.15) is 0 Å². The van der Waals surface area contributed by atoms with Crippen molar-refractivity contribution in [3.05, 3.63) is 0 Å². The van der Waals surface area contributed by atoms with E-state index in [0.29, 0.717) is 0 Å². The van der Waals surface area contributed by atoms with Crippen molar-refractivity contribution >= 4 is 17.9 Å². The molecule has 0 rings (SSSR count). The maximum absolute atomic E-state index is 12.8. The molecular weight excluding hydrogens is 254 g/mol. The number of halogens is 2. The Morgan fingerprint density at radius 3 is 1.83 bits per heavy atom. The summed E-state index contributed by atoms with van der Waals surface area (Å²) in [4.78, 5) is 32.9. The summed E-state index contributed by atoms with van der Waals surface area (Å²) in [6, 6.07) is 0. The van der Waals surface area contributed by atoms with Gasteiger partial charge in [0.1, 0.15) is 5.60 Å². The zero-order valence-electron chi connectivity index (χ0n) is 10.1. The van der Waals surface area contributed by atoms with Crippen LogP contribution in [0.1, 0.15) is 27.2 Å². The van der Waals surface area contributed by atoms with E-state index in [9.17, 15) is 23.2 Å². The highest BCUT2D eigenvalue weighted by molar-refractivity contribution is 6.02.